The van der Waals surface area contributed by atoms with Crippen molar-refractivity contribution in [2.75, 3.05) is 6.61 Å². The van der Waals surface area contributed by atoms with Gasteiger partial charge in [0, 0.05) is 17.0 Å². The molecule has 0 spiro atoms. The second-order valence-corrected chi connectivity index (χ2v) is 18.1. The fourth-order valence-corrected chi connectivity index (χ4v) is 7.88. The molecule has 0 saturated carbocycles. The van der Waals surface area contributed by atoms with Crippen molar-refractivity contribution in [1.29, 1.82) is 0 Å². The number of fused-ring (bicyclic) bond motifs is 1. The van der Waals surface area contributed by atoms with Crippen LogP contribution in [0.4, 0.5) is 8.78 Å². The summed E-state index contributed by atoms with van der Waals surface area (Å²) < 4.78 is 69.6. The highest BCUT2D eigenvalue weighted by Gasteiger charge is 2.45. The van der Waals surface area contributed by atoms with Gasteiger partial charge in [0.15, 0.2) is 29.7 Å². The van der Waals surface area contributed by atoms with Gasteiger partial charge in [0.05, 0.1) is 17.1 Å². The van der Waals surface area contributed by atoms with E-state index >= 15 is 4.39 Å². The van der Waals surface area contributed by atoms with E-state index in [4.69, 9.17) is 20.8 Å². The quantitative estimate of drug-likeness (QED) is 0.233. The van der Waals surface area contributed by atoms with Crippen LogP contribution in [0.2, 0.25) is 23.2 Å². The van der Waals surface area contributed by atoms with Crippen molar-refractivity contribution in [2.45, 2.75) is 74.4 Å². The Bertz CT molecular complexity index is 1190. The van der Waals surface area contributed by atoms with Gasteiger partial charge in [-0.15, -0.1) is 6.58 Å². The molecule has 2 aromatic rings. The van der Waals surface area contributed by atoms with Crippen LogP contribution in [0.1, 0.15) is 50.8 Å². The third kappa shape index (κ3) is 6.04. The number of rotatable bonds is 9. The van der Waals surface area contributed by atoms with Gasteiger partial charge >= 0.3 is 0 Å². The van der Waals surface area contributed by atoms with Gasteiger partial charge in [-0.05, 0) is 73.8 Å². The molecule has 0 aliphatic carbocycles. The van der Waals surface area contributed by atoms with E-state index in [0.29, 0.717) is 24.3 Å². The van der Waals surface area contributed by atoms with Gasteiger partial charge in [-0.25, -0.2) is 17.2 Å². The Morgan fingerprint density at radius 1 is 1.17 bits per heavy atom. The number of hydrogen-bond acceptors (Lipinski definition) is 4. The smallest absolute Gasteiger partial charge is 0.192 e. The molecule has 3 rings (SSSR count). The van der Waals surface area contributed by atoms with Gasteiger partial charge in [0.1, 0.15) is 11.1 Å². The van der Waals surface area contributed by atoms with Crippen molar-refractivity contribution in [1.82, 2.24) is 0 Å². The van der Waals surface area contributed by atoms with E-state index in [0.717, 1.165) is 12.1 Å². The molecule has 0 aromatic heterocycles. The summed E-state index contributed by atoms with van der Waals surface area (Å²) in [6.45, 7) is 14.6. The maximum atomic E-state index is 15.1. The molecule has 198 valence electrons. The van der Waals surface area contributed by atoms with Crippen molar-refractivity contribution < 1.29 is 26.4 Å². The maximum absolute atomic E-state index is 15.1. The predicted molar refractivity (Wildman–Crippen MR) is 143 cm³/mol. The Morgan fingerprint density at radius 2 is 1.78 bits per heavy atom. The number of hydrogen-bond donors (Lipinski definition) is 0. The lowest BCUT2D eigenvalue weighted by Gasteiger charge is -2.40. The van der Waals surface area contributed by atoms with Crippen molar-refractivity contribution >= 4 is 29.8 Å². The van der Waals surface area contributed by atoms with Crippen LogP contribution in [0.25, 0.3) is 0 Å². The molecule has 0 fully saturated rings. The van der Waals surface area contributed by atoms with Gasteiger partial charge in [0.2, 0.25) is 0 Å². The minimum Gasteiger partial charge on any atom is -0.490 e. The number of ether oxygens (including phenoxy) is 1. The highest BCUT2D eigenvalue weighted by molar-refractivity contribution is 7.91. The van der Waals surface area contributed by atoms with E-state index in [1.54, 1.807) is 6.08 Å². The van der Waals surface area contributed by atoms with Crippen LogP contribution < -0.4 is 4.74 Å². The zero-order chi connectivity index (χ0) is 26.9. The average Bonchev–Trinajstić information content (AvgIpc) is 2.79. The number of benzene rings is 2. The number of halogens is 3. The molecule has 3 atom stereocenters. The third-order valence-corrected chi connectivity index (χ3v) is 14.3. The molecule has 0 amide bonds. The minimum absolute atomic E-state index is 0.000420. The summed E-state index contributed by atoms with van der Waals surface area (Å²) in [5.74, 6) is -2.54. The molecule has 1 heterocycles. The van der Waals surface area contributed by atoms with E-state index in [1.165, 1.54) is 24.3 Å². The highest BCUT2D eigenvalue weighted by atomic mass is 35.5. The molecule has 9 heteroatoms. The first-order chi connectivity index (χ1) is 16.7. The molecular weight excluding hydrogens is 522 g/mol. The normalized spacial score (nSPS) is 19.3. The molecule has 1 aliphatic heterocycles. The second-order valence-electron chi connectivity index (χ2n) is 10.9. The van der Waals surface area contributed by atoms with Crippen LogP contribution >= 0.6 is 11.6 Å². The third-order valence-electron chi connectivity index (χ3n) is 7.28. The lowest BCUT2D eigenvalue weighted by Crippen LogP contribution is -2.44. The number of sulfone groups is 1. The van der Waals surface area contributed by atoms with Gasteiger partial charge in [0.25, 0.3) is 0 Å². The van der Waals surface area contributed by atoms with Crippen molar-refractivity contribution in [3.8, 4) is 5.75 Å². The van der Waals surface area contributed by atoms with Crippen LogP contribution in [0.15, 0.2) is 53.9 Å². The zero-order valence-electron chi connectivity index (χ0n) is 21.5. The highest BCUT2D eigenvalue weighted by Crippen LogP contribution is 2.47. The van der Waals surface area contributed by atoms with E-state index in [1.807, 2.05) is 0 Å². The Kier molecular flexibility index (Phi) is 8.75. The minimum atomic E-state index is -4.10. The van der Waals surface area contributed by atoms with E-state index < -0.39 is 41.0 Å². The molecule has 0 bridgehead atoms. The first-order valence-electron chi connectivity index (χ1n) is 12.1. The lowest BCUT2D eigenvalue weighted by atomic mass is 9.90. The Hall–Kier alpha value is -1.74. The van der Waals surface area contributed by atoms with Crippen LogP contribution in [-0.2, 0) is 14.3 Å². The molecule has 2 aromatic carbocycles. The first-order valence-corrected chi connectivity index (χ1v) is 16.9. The largest absolute Gasteiger partial charge is 0.490 e. The summed E-state index contributed by atoms with van der Waals surface area (Å²) in [6, 6.07) is 7.63. The molecule has 36 heavy (non-hydrogen) atoms. The molecule has 1 unspecified atom stereocenters. The van der Waals surface area contributed by atoms with Crippen molar-refractivity contribution in [3.63, 3.8) is 0 Å². The Morgan fingerprint density at radius 3 is 2.36 bits per heavy atom. The summed E-state index contributed by atoms with van der Waals surface area (Å²) in [7, 11) is -6.19. The van der Waals surface area contributed by atoms with E-state index in [9.17, 15) is 12.8 Å². The zero-order valence-corrected chi connectivity index (χ0v) is 24.1. The Labute approximate surface area is 219 Å². The van der Waals surface area contributed by atoms with Crippen LogP contribution in [0.5, 0.6) is 5.75 Å². The summed E-state index contributed by atoms with van der Waals surface area (Å²) in [5.41, 5.74) is -0.258. The average molecular weight is 557 g/mol. The second kappa shape index (κ2) is 10.9. The monoisotopic (exact) mass is 556 g/mol. The van der Waals surface area contributed by atoms with Gasteiger partial charge in [-0.1, -0.05) is 38.4 Å². The summed E-state index contributed by atoms with van der Waals surface area (Å²) in [5, 5.41) is -0.930. The lowest BCUT2D eigenvalue weighted by molar-refractivity contribution is 0.142. The van der Waals surface area contributed by atoms with Gasteiger partial charge < -0.3 is 9.16 Å². The van der Waals surface area contributed by atoms with Gasteiger partial charge in [-0.3, -0.25) is 0 Å². The SMILES string of the molecule is C=CCC(CC[C@H]1COc2c(F)ccc(F)c2[C@@H]1S(=O)(=O)c1ccc(Cl)cc1)O[Si](C)(C)C(C)(C)C. The van der Waals surface area contributed by atoms with Crippen LogP contribution in [0, 0.1) is 17.6 Å². The van der Waals surface area contributed by atoms with E-state index in [-0.39, 0.29) is 34.0 Å². The topological polar surface area (TPSA) is 52.6 Å². The fourth-order valence-electron chi connectivity index (χ4n) is 4.29. The molecular formula is C27H35ClF2O4SSi. The summed E-state index contributed by atoms with van der Waals surface area (Å²) in [6.07, 6.45) is 3.15. The Balaban J connectivity index is 1.99. The van der Waals surface area contributed by atoms with E-state index in [2.05, 4.69) is 40.4 Å². The molecule has 0 N–H and O–H groups in total. The predicted octanol–water partition coefficient (Wildman–Crippen LogP) is 7.89. The molecule has 4 nitrogen and oxygen atoms in total. The first kappa shape index (κ1) is 28.8. The summed E-state index contributed by atoms with van der Waals surface area (Å²) in [4.78, 5) is -0.00132. The van der Waals surface area contributed by atoms with Gasteiger partial charge in [-0.2, -0.15) is 0 Å². The molecule has 0 radical (unpaired) electrons. The van der Waals surface area contributed by atoms with Crippen LogP contribution in [-0.4, -0.2) is 29.4 Å². The summed E-state index contributed by atoms with van der Waals surface area (Å²) >= 11 is 5.96. The maximum Gasteiger partial charge on any atom is 0.192 e. The standard InChI is InChI=1S/C27H35ClF2O4SSi/c1-7-8-20(34-36(5,6)27(2,3)4)12-9-18-17-33-25-23(30)16-15-22(29)24(25)26(18)35(31,32)21-13-10-19(28)11-14-21/h7,10-11,13-16,18,20,26H,1,8-9,12,17H2,2-6H3/t18-,20?,26+/m0/s1. The van der Waals surface area contributed by atoms with Crippen molar-refractivity contribution in [2.24, 2.45) is 5.92 Å². The fraction of sp³-hybridized carbons (Fsp3) is 0.481. The molecule has 0 saturated heterocycles. The van der Waals surface area contributed by atoms with Crippen molar-refractivity contribution in [3.05, 3.63) is 71.3 Å². The van der Waals surface area contributed by atoms with Crippen LogP contribution in [0.3, 0.4) is 0 Å². The molecule has 1 aliphatic rings.